The van der Waals surface area contributed by atoms with Crippen LogP contribution in [-0.4, -0.2) is 33.6 Å². The van der Waals surface area contributed by atoms with Crippen molar-refractivity contribution in [2.75, 3.05) is 13.1 Å². The lowest BCUT2D eigenvalue weighted by atomic mass is 10.1. The molecule has 3 N–H and O–H groups in total. The van der Waals surface area contributed by atoms with Crippen LogP contribution in [0.25, 0.3) is 5.65 Å². The lowest BCUT2D eigenvalue weighted by Crippen LogP contribution is -2.32. The normalized spacial score (nSPS) is 18.3. The number of carbonyl (C=O) groups excluding carboxylic acids is 1. The van der Waals surface area contributed by atoms with Gasteiger partial charge in [-0.1, -0.05) is 0 Å². The Morgan fingerprint density at radius 3 is 3.05 bits per heavy atom. The monoisotopic (exact) mass is 289 g/mol. The molecule has 7 nitrogen and oxygen atoms in total. The van der Waals surface area contributed by atoms with Crippen molar-refractivity contribution < 1.29 is 4.79 Å². The highest BCUT2D eigenvalue weighted by Gasteiger charge is 2.22. The summed E-state index contributed by atoms with van der Waals surface area (Å²) in [6.45, 7) is 5.87. The molecular weight excluding hydrogens is 270 g/mol. The molecule has 7 heteroatoms. The summed E-state index contributed by atoms with van der Waals surface area (Å²) in [4.78, 5) is 27.9. The molecule has 2 aromatic heterocycles. The van der Waals surface area contributed by atoms with Crippen LogP contribution in [0.2, 0.25) is 0 Å². The Morgan fingerprint density at radius 1 is 1.52 bits per heavy atom. The lowest BCUT2D eigenvalue weighted by molar-refractivity contribution is -0.124. The molecule has 1 saturated heterocycles. The zero-order valence-corrected chi connectivity index (χ0v) is 12.2. The van der Waals surface area contributed by atoms with E-state index in [-0.39, 0.29) is 17.4 Å². The fourth-order valence-electron chi connectivity index (χ4n) is 2.81. The summed E-state index contributed by atoms with van der Waals surface area (Å²) in [5.74, 6) is 0.119. The van der Waals surface area contributed by atoms with Crippen molar-refractivity contribution in [3.63, 3.8) is 0 Å². The van der Waals surface area contributed by atoms with Crippen molar-refractivity contribution in [2.24, 2.45) is 5.92 Å². The quantitative estimate of drug-likeness (QED) is 0.734. The van der Waals surface area contributed by atoms with Gasteiger partial charge in [0.25, 0.3) is 5.56 Å². The van der Waals surface area contributed by atoms with Gasteiger partial charge in [-0.2, -0.15) is 0 Å². The van der Waals surface area contributed by atoms with E-state index < -0.39 is 0 Å². The number of hydrogen-bond donors (Lipinski definition) is 3. The summed E-state index contributed by atoms with van der Waals surface area (Å²) >= 11 is 0. The van der Waals surface area contributed by atoms with Gasteiger partial charge in [-0.15, -0.1) is 0 Å². The van der Waals surface area contributed by atoms with Crippen LogP contribution < -0.4 is 16.2 Å². The number of hydrogen-bond acceptors (Lipinski definition) is 4. The molecule has 0 spiro atoms. The molecule has 112 valence electrons. The molecule has 2 aromatic rings. The Hall–Kier alpha value is -2.15. The first-order valence-corrected chi connectivity index (χ1v) is 7.12. The van der Waals surface area contributed by atoms with E-state index in [0.29, 0.717) is 12.2 Å². The third-order valence-electron chi connectivity index (χ3n) is 4.07. The van der Waals surface area contributed by atoms with E-state index in [4.69, 9.17) is 0 Å². The van der Waals surface area contributed by atoms with Crippen LogP contribution in [0, 0.1) is 19.8 Å². The molecule has 1 aliphatic rings. The van der Waals surface area contributed by atoms with E-state index in [1.54, 1.807) is 4.52 Å². The van der Waals surface area contributed by atoms with E-state index in [1.807, 2.05) is 13.8 Å². The van der Waals surface area contributed by atoms with Crippen LogP contribution in [-0.2, 0) is 11.3 Å². The maximum absolute atomic E-state index is 12.1. The number of rotatable bonds is 3. The Bertz CT molecular complexity index is 740. The third-order valence-corrected chi connectivity index (χ3v) is 4.07. The molecule has 1 fully saturated rings. The molecule has 0 aliphatic carbocycles. The lowest BCUT2D eigenvalue weighted by Gasteiger charge is -2.14. The second-order valence-electron chi connectivity index (χ2n) is 5.48. The molecule has 1 amide bonds. The summed E-state index contributed by atoms with van der Waals surface area (Å²) in [6.07, 6.45) is 0.881. The van der Waals surface area contributed by atoms with Gasteiger partial charge in [0.05, 0.1) is 5.92 Å². The van der Waals surface area contributed by atoms with E-state index in [0.717, 1.165) is 36.5 Å². The van der Waals surface area contributed by atoms with Gasteiger partial charge in [0.15, 0.2) is 5.65 Å². The largest absolute Gasteiger partial charge is 0.352 e. The smallest absolute Gasteiger partial charge is 0.266 e. The van der Waals surface area contributed by atoms with Crippen molar-refractivity contribution in [3.8, 4) is 0 Å². The predicted octanol–water partition coefficient (Wildman–Crippen LogP) is -0.135. The van der Waals surface area contributed by atoms with Crippen molar-refractivity contribution in [3.05, 3.63) is 33.4 Å². The van der Waals surface area contributed by atoms with Gasteiger partial charge in [-0.3, -0.25) is 14.7 Å². The van der Waals surface area contributed by atoms with Crippen molar-refractivity contribution in [2.45, 2.75) is 26.8 Å². The molecule has 0 radical (unpaired) electrons. The Labute approximate surface area is 121 Å². The molecule has 3 heterocycles. The number of aromatic nitrogens is 3. The highest BCUT2D eigenvalue weighted by atomic mass is 16.2. The molecule has 0 saturated carbocycles. The zero-order valence-electron chi connectivity index (χ0n) is 12.2. The van der Waals surface area contributed by atoms with Gasteiger partial charge in [0, 0.05) is 36.1 Å². The Kier molecular flexibility index (Phi) is 3.50. The van der Waals surface area contributed by atoms with Gasteiger partial charge < -0.3 is 10.6 Å². The average molecular weight is 289 g/mol. The fraction of sp³-hybridized carbons (Fsp3) is 0.500. The fourth-order valence-corrected chi connectivity index (χ4v) is 2.81. The summed E-state index contributed by atoms with van der Waals surface area (Å²) < 4.78 is 1.66. The highest BCUT2D eigenvalue weighted by Crippen LogP contribution is 2.14. The topological polar surface area (TPSA) is 91.3 Å². The molecule has 21 heavy (non-hydrogen) atoms. The maximum Gasteiger partial charge on any atom is 0.266 e. The first-order valence-electron chi connectivity index (χ1n) is 7.12. The van der Waals surface area contributed by atoms with Gasteiger partial charge in [0.2, 0.25) is 5.91 Å². The number of aromatic amines is 1. The van der Waals surface area contributed by atoms with E-state index in [9.17, 15) is 9.59 Å². The van der Waals surface area contributed by atoms with E-state index >= 15 is 0 Å². The van der Waals surface area contributed by atoms with E-state index in [2.05, 4.69) is 20.7 Å². The van der Waals surface area contributed by atoms with Crippen LogP contribution in [0.15, 0.2) is 10.9 Å². The number of fused-ring (bicyclic) bond motifs is 1. The first-order chi connectivity index (χ1) is 10.1. The van der Waals surface area contributed by atoms with Gasteiger partial charge in [-0.05, 0) is 26.8 Å². The molecule has 3 rings (SSSR count). The zero-order chi connectivity index (χ0) is 15.0. The summed E-state index contributed by atoms with van der Waals surface area (Å²) in [5, 5.41) is 8.87. The number of nitrogens with zero attached hydrogens (tertiary/aromatic N) is 2. The van der Waals surface area contributed by atoms with Crippen LogP contribution in [0.1, 0.15) is 23.4 Å². The first kappa shape index (κ1) is 13.8. The molecular formula is C14H19N5O2. The second kappa shape index (κ2) is 5.33. The van der Waals surface area contributed by atoms with Crippen molar-refractivity contribution in [1.29, 1.82) is 0 Å². The van der Waals surface area contributed by atoms with Gasteiger partial charge >= 0.3 is 0 Å². The minimum absolute atomic E-state index is 0.0497. The summed E-state index contributed by atoms with van der Waals surface area (Å²) in [7, 11) is 0. The molecule has 0 aromatic carbocycles. The molecule has 1 aliphatic heterocycles. The number of aryl methyl sites for hydroxylation is 2. The van der Waals surface area contributed by atoms with E-state index in [1.165, 1.54) is 6.07 Å². The average Bonchev–Trinajstić information content (AvgIpc) is 3.07. The standard InChI is InChI=1S/C14H19N5O2/c1-8-11(7-16-14(21)10-3-4-15-6-10)9(2)19-12(17-8)5-13(20)18-19/h5,10,15H,3-4,6-7H2,1-2H3,(H,16,21)(H,18,20). The molecule has 1 atom stereocenters. The number of nitrogens with one attached hydrogen (secondary N) is 3. The number of carbonyl (C=O) groups is 1. The van der Waals surface area contributed by atoms with Gasteiger partial charge in [0.1, 0.15) is 0 Å². The van der Waals surface area contributed by atoms with Crippen LogP contribution in [0.3, 0.4) is 0 Å². The van der Waals surface area contributed by atoms with Crippen molar-refractivity contribution in [1.82, 2.24) is 25.2 Å². The Balaban J connectivity index is 1.83. The minimum atomic E-state index is -0.178. The molecule has 0 bridgehead atoms. The van der Waals surface area contributed by atoms with Crippen molar-refractivity contribution >= 4 is 11.6 Å². The summed E-state index contributed by atoms with van der Waals surface area (Å²) in [5.41, 5.74) is 3.09. The highest BCUT2D eigenvalue weighted by molar-refractivity contribution is 5.79. The van der Waals surface area contributed by atoms with Gasteiger partial charge in [-0.25, -0.2) is 9.50 Å². The van der Waals surface area contributed by atoms with Crippen LogP contribution in [0.4, 0.5) is 0 Å². The minimum Gasteiger partial charge on any atom is -0.352 e. The SMILES string of the molecule is Cc1nc2cc(=O)[nH]n2c(C)c1CNC(=O)C1CCNC1. The second-order valence-corrected chi connectivity index (χ2v) is 5.48. The summed E-state index contributed by atoms with van der Waals surface area (Å²) in [6, 6.07) is 1.46. The molecule has 1 unspecified atom stereocenters. The van der Waals surface area contributed by atoms with Crippen LogP contribution >= 0.6 is 0 Å². The maximum atomic E-state index is 12.1. The third kappa shape index (κ3) is 2.56. The number of amides is 1. The number of H-pyrrole nitrogens is 1. The van der Waals surface area contributed by atoms with Crippen LogP contribution in [0.5, 0.6) is 0 Å². The Morgan fingerprint density at radius 2 is 2.33 bits per heavy atom. The predicted molar refractivity (Wildman–Crippen MR) is 78.1 cm³/mol.